The number of methoxy groups -OCH3 is 1. The van der Waals surface area contributed by atoms with Crippen molar-refractivity contribution in [1.29, 1.82) is 0 Å². The molecule has 122 valence electrons. The molecule has 10 heteroatoms. The Kier molecular flexibility index (Phi) is 5.48. The lowest BCUT2D eigenvalue weighted by atomic mass is 10.0. The molecule has 0 spiro atoms. The molecule has 1 fully saturated rings. The number of carbonyl (C=O) groups excluding carboxylic acids is 2. The fraction of sp³-hybridized carbons (Fsp3) is 0.818. The summed E-state index contributed by atoms with van der Waals surface area (Å²) in [5.41, 5.74) is 0. The third-order valence-corrected chi connectivity index (χ3v) is 3.09. The highest BCUT2D eigenvalue weighted by molar-refractivity contribution is 5.84. The van der Waals surface area contributed by atoms with E-state index in [1.807, 2.05) is 0 Å². The number of carbonyl (C=O) groups is 2. The first-order valence-corrected chi connectivity index (χ1v) is 6.11. The van der Waals surface area contributed by atoms with E-state index < -0.39 is 24.0 Å². The minimum absolute atomic E-state index is 0.106. The van der Waals surface area contributed by atoms with Gasteiger partial charge in [0.1, 0.15) is 6.61 Å². The molecule has 5 nitrogen and oxygen atoms in total. The van der Waals surface area contributed by atoms with Gasteiger partial charge < -0.3 is 15.0 Å². The van der Waals surface area contributed by atoms with Gasteiger partial charge in [-0.3, -0.25) is 9.59 Å². The molecule has 0 unspecified atom stereocenters. The molecule has 1 aliphatic rings. The standard InChI is InChI=1S/C11H15F5N2O3/c1-21-6-8(19)18-4-2-7(3-5-18)17-9(20)10(12,13)11(14,15)16/h7H,2-6H2,1H3,(H,17,20). The van der Waals surface area contributed by atoms with Gasteiger partial charge in [-0.05, 0) is 12.8 Å². The molecule has 1 saturated heterocycles. The lowest BCUT2D eigenvalue weighted by Gasteiger charge is -2.33. The minimum atomic E-state index is -5.92. The third-order valence-electron chi connectivity index (χ3n) is 3.09. The molecule has 1 N–H and O–H groups in total. The number of hydrogen-bond acceptors (Lipinski definition) is 3. The van der Waals surface area contributed by atoms with E-state index in [1.54, 1.807) is 5.32 Å². The van der Waals surface area contributed by atoms with Gasteiger partial charge in [0.05, 0.1) is 0 Å². The highest BCUT2D eigenvalue weighted by atomic mass is 19.4. The van der Waals surface area contributed by atoms with Crippen LogP contribution in [0.25, 0.3) is 0 Å². The van der Waals surface area contributed by atoms with Crippen LogP contribution in [0.1, 0.15) is 12.8 Å². The first-order valence-electron chi connectivity index (χ1n) is 6.11. The van der Waals surface area contributed by atoms with Crippen LogP contribution in [0.15, 0.2) is 0 Å². The van der Waals surface area contributed by atoms with Crippen molar-refractivity contribution in [1.82, 2.24) is 10.2 Å². The molecule has 2 amide bonds. The Bertz CT molecular complexity index is 392. The largest absolute Gasteiger partial charge is 0.463 e. The van der Waals surface area contributed by atoms with Crippen molar-refractivity contribution >= 4 is 11.8 Å². The summed E-state index contributed by atoms with van der Waals surface area (Å²) < 4.78 is 66.2. The third kappa shape index (κ3) is 4.26. The zero-order valence-corrected chi connectivity index (χ0v) is 11.2. The molecule has 0 bridgehead atoms. The number of ether oxygens (including phenoxy) is 1. The van der Waals surface area contributed by atoms with Crippen molar-refractivity contribution in [3.63, 3.8) is 0 Å². The normalized spacial score (nSPS) is 17.7. The smallest absolute Gasteiger partial charge is 0.375 e. The number of amides is 2. The Hall–Kier alpha value is -1.45. The molecule has 0 aromatic carbocycles. The molecule has 0 saturated carbocycles. The van der Waals surface area contributed by atoms with E-state index in [4.69, 9.17) is 0 Å². The number of rotatable bonds is 4. The Labute approximate surface area is 117 Å². The Balaban J connectivity index is 2.50. The predicted octanol–water partition coefficient (Wildman–Crippen LogP) is 0.938. The molecule has 0 radical (unpaired) electrons. The second-order valence-corrected chi connectivity index (χ2v) is 4.63. The lowest BCUT2D eigenvalue weighted by Crippen LogP contribution is -2.55. The first-order chi connectivity index (χ1) is 9.59. The van der Waals surface area contributed by atoms with Gasteiger partial charge in [0, 0.05) is 26.2 Å². The summed E-state index contributed by atoms with van der Waals surface area (Å²) >= 11 is 0. The van der Waals surface area contributed by atoms with Crippen molar-refractivity contribution in [2.75, 3.05) is 26.8 Å². The van der Waals surface area contributed by atoms with Crippen LogP contribution in [0.5, 0.6) is 0 Å². The molecule has 1 rings (SSSR count). The quantitative estimate of drug-likeness (QED) is 0.785. The van der Waals surface area contributed by atoms with Gasteiger partial charge >= 0.3 is 18.0 Å². The molecule has 1 aliphatic heterocycles. The van der Waals surface area contributed by atoms with Gasteiger partial charge in [-0.15, -0.1) is 0 Å². The van der Waals surface area contributed by atoms with Gasteiger partial charge in [-0.1, -0.05) is 0 Å². The zero-order chi connectivity index (χ0) is 16.3. The molecule has 1 heterocycles. The van der Waals surface area contributed by atoms with Crippen LogP contribution in [0.2, 0.25) is 0 Å². The molecule has 0 aromatic rings. The van der Waals surface area contributed by atoms with Crippen molar-refractivity contribution in [3.8, 4) is 0 Å². The van der Waals surface area contributed by atoms with Gasteiger partial charge in [-0.2, -0.15) is 22.0 Å². The minimum Gasteiger partial charge on any atom is -0.375 e. The zero-order valence-electron chi connectivity index (χ0n) is 11.2. The summed E-state index contributed by atoms with van der Waals surface area (Å²) in [6.07, 6.45) is -5.71. The summed E-state index contributed by atoms with van der Waals surface area (Å²) in [5, 5.41) is 1.68. The molecule has 0 atom stereocenters. The van der Waals surface area contributed by atoms with Gasteiger partial charge in [-0.25, -0.2) is 0 Å². The van der Waals surface area contributed by atoms with E-state index in [1.165, 1.54) is 12.0 Å². The molecular weight excluding hydrogens is 303 g/mol. The SMILES string of the molecule is COCC(=O)N1CCC(NC(=O)C(F)(F)C(F)(F)F)CC1. The fourth-order valence-corrected chi connectivity index (χ4v) is 1.89. The maximum absolute atomic E-state index is 12.8. The van der Waals surface area contributed by atoms with Crippen molar-refractivity contribution in [2.24, 2.45) is 0 Å². The maximum Gasteiger partial charge on any atom is 0.463 e. The van der Waals surface area contributed by atoms with Crippen molar-refractivity contribution in [3.05, 3.63) is 0 Å². The summed E-state index contributed by atoms with van der Waals surface area (Å²) in [7, 11) is 1.34. The monoisotopic (exact) mass is 318 g/mol. The van der Waals surface area contributed by atoms with Crippen LogP contribution in [-0.2, 0) is 14.3 Å². The van der Waals surface area contributed by atoms with Crippen LogP contribution in [0.3, 0.4) is 0 Å². The van der Waals surface area contributed by atoms with Crippen LogP contribution in [0.4, 0.5) is 22.0 Å². The van der Waals surface area contributed by atoms with Crippen LogP contribution in [0, 0.1) is 0 Å². The lowest BCUT2D eigenvalue weighted by molar-refractivity contribution is -0.270. The number of halogens is 5. The molecule has 0 aromatic heterocycles. The summed E-state index contributed by atoms with van der Waals surface area (Å²) in [6.45, 7) is 0.179. The van der Waals surface area contributed by atoms with Gasteiger partial charge in [0.25, 0.3) is 0 Å². The van der Waals surface area contributed by atoms with Crippen molar-refractivity contribution in [2.45, 2.75) is 31.0 Å². The van der Waals surface area contributed by atoms with E-state index in [2.05, 4.69) is 4.74 Å². The number of likely N-dealkylation sites (tertiary alicyclic amines) is 1. The first kappa shape index (κ1) is 17.6. The average molecular weight is 318 g/mol. The Morgan fingerprint density at radius 2 is 1.71 bits per heavy atom. The number of hydrogen-bond donors (Lipinski definition) is 1. The Morgan fingerprint density at radius 3 is 2.14 bits per heavy atom. The molecule has 0 aliphatic carbocycles. The van der Waals surface area contributed by atoms with Crippen molar-refractivity contribution < 1.29 is 36.3 Å². The molecule has 21 heavy (non-hydrogen) atoms. The summed E-state index contributed by atoms with van der Waals surface area (Å²) in [5.74, 6) is -8.09. The van der Waals surface area contributed by atoms with Gasteiger partial charge in [0.2, 0.25) is 5.91 Å². The second kappa shape index (κ2) is 6.54. The maximum atomic E-state index is 12.8. The predicted molar refractivity (Wildman–Crippen MR) is 60.6 cm³/mol. The van der Waals surface area contributed by atoms with E-state index in [-0.39, 0.29) is 38.4 Å². The number of nitrogens with zero attached hydrogens (tertiary/aromatic N) is 1. The second-order valence-electron chi connectivity index (χ2n) is 4.63. The number of piperidine rings is 1. The highest BCUT2D eigenvalue weighted by Crippen LogP contribution is 2.35. The summed E-state index contributed by atoms with van der Waals surface area (Å²) in [4.78, 5) is 23.9. The van der Waals surface area contributed by atoms with E-state index in [9.17, 15) is 31.5 Å². The van der Waals surface area contributed by atoms with E-state index >= 15 is 0 Å². The van der Waals surface area contributed by atoms with E-state index in [0.717, 1.165) is 0 Å². The fourth-order valence-electron chi connectivity index (χ4n) is 1.89. The van der Waals surface area contributed by atoms with Crippen LogP contribution in [-0.4, -0.2) is 61.7 Å². The topological polar surface area (TPSA) is 58.6 Å². The van der Waals surface area contributed by atoms with Gasteiger partial charge in [0.15, 0.2) is 0 Å². The Morgan fingerprint density at radius 1 is 1.19 bits per heavy atom. The highest BCUT2D eigenvalue weighted by Gasteiger charge is 2.63. The average Bonchev–Trinajstić information content (AvgIpc) is 2.38. The van der Waals surface area contributed by atoms with Crippen LogP contribution >= 0.6 is 0 Å². The van der Waals surface area contributed by atoms with Crippen LogP contribution < -0.4 is 5.32 Å². The van der Waals surface area contributed by atoms with E-state index in [0.29, 0.717) is 0 Å². The summed E-state index contributed by atoms with van der Waals surface area (Å²) in [6, 6.07) is -0.822. The number of nitrogens with one attached hydrogen (secondary N) is 1. The number of alkyl halides is 5. The molecular formula is C11H15F5N2O3.